The number of carbonyl (C=O) groups excluding carboxylic acids is 2. The maximum atomic E-state index is 12.1. The largest absolute Gasteiger partial charge is 0.437 e. The Morgan fingerprint density at radius 3 is 2.33 bits per heavy atom. The maximum absolute atomic E-state index is 12.1. The average Bonchev–Trinajstić information content (AvgIpc) is 2.56. The molecule has 0 aliphatic heterocycles. The van der Waals surface area contributed by atoms with Gasteiger partial charge in [0.15, 0.2) is 0 Å². The van der Waals surface area contributed by atoms with Crippen molar-refractivity contribution in [3.8, 4) is 0 Å². The Labute approximate surface area is 149 Å². The van der Waals surface area contributed by atoms with Crippen LogP contribution in [0.1, 0.15) is 22.8 Å². The van der Waals surface area contributed by atoms with Crippen molar-refractivity contribution in [3.63, 3.8) is 0 Å². The number of nitrogens with zero attached hydrogens (tertiary/aromatic N) is 1. The van der Waals surface area contributed by atoms with Gasteiger partial charge < -0.3 is 0 Å². The topological polar surface area (TPSA) is 67.8 Å². The normalized spacial score (nSPS) is 11.1. The zero-order valence-corrected chi connectivity index (χ0v) is 14.5. The summed E-state index contributed by atoms with van der Waals surface area (Å²) in [4.78, 5) is 28.5. The first-order chi connectivity index (χ1) is 11.4. The third-order valence-corrected chi connectivity index (χ3v) is 3.81. The van der Waals surface area contributed by atoms with Crippen molar-refractivity contribution in [2.45, 2.75) is 13.8 Å². The van der Waals surface area contributed by atoms with Crippen molar-refractivity contribution in [2.75, 3.05) is 5.32 Å². The molecule has 0 spiro atoms. The van der Waals surface area contributed by atoms with E-state index in [0.29, 0.717) is 21.3 Å². The van der Waals surface area contributed by atoms with Gasteiger partial charge in [0.25, 0.3) is 0 Å². The lowest BCUT2D eigenvalue weighted by atomic mass is 10.1. The molecule has 2 aromatic rings. The van der Waals surface area contributed by atoms with Gasteiger partial charge in [0.05, 0.1) is 10.0 Å². The van der Waals surface area contributed by atoms with Crippen molar-refractivity contribution in [1.29, 1.82) is 0 Å². The second kappa shape index (κ2) is 7.95. The first-order valence-corrected chi connectivity index (χ1v) is 7.71. The zero-order chi connectivity index (χ0) is 17.7. The molecular formula is C17H14Cl2N2O3. The van der Waals surface area contributed by atoms with Crippen molar-refractivity contribution in [1.82, 2.24) is 0 Å². The van der Waals surface area contributed by atoms with Crippen molar-refractivity contribution in [2.24, 2.45) is 5.16 Å². The maximum Gasteiger partial charge on any atom is 0.437 e. The van der Waals surface area contributed by atoms with Crippen molar-refractivity contribution >= 4 is 46.5 Å². The van der Waals surface area contributed by atoms with Gasteiger partial charge in [-0.1, -0.05) is 58.2 Å². The number of ketones is 1. The summed E-state index contributed by atoms with van der Waals surface area (Å²) in [5.74, 6) is -0.322. The van der Waals surface area contributed by atoms with Crippen LogP contribution in [0.15, 0.2) is 47.6 Å². The highest BCUT2D eigenvalue weighted by atomic mass is 35.5. The number of benzene rings is 2. The first-order valence-electron chi connectivity index (χ1n) is 6.96. The van der Waals surface area contributed by atoms with Gasteiger partial charge in [-0.2, -0.15) is 0 Å². The van der Waals surface area contributed by atoms with Crippen LogP contribution in [0.5, 0.6) is 0 Å². The molecule has 0 saturated heterocycles. The van der Waals surface area contributed by atoms with E-state index in [2.05, 4.69) is 15.3 Å². The van der Waals surface area contributed by atoms with Crippen LogP contribution in [0, 0.1) is 6.92 Å². The van der Waals surface area contributed by atoms with Crippen LogP contribution >= 0.6 is 23.2 Å². The zero-order valence-electron chi connectivity index (χ0n) is 13.0. The molecule has 2 aromatic carbocycles. The Morgan fingerprint density at radius 1 is 1.04 bits per heavy atom. The number of anilines is 1. The van der Waals surface area contributed by atoms with Gasteiger partial charge in [-0.05, 0) is 32.0 Å². The molecule has 0 saturated carbocycles. The summed E-state index contributed by atoms with van der Waals surface area (Å²) in [7, 11) is 0. The fourth-order valence-corrected chi connectivity index (χ4v) is 2.08. The molecule has 0 fully saturated rings. The van der Waals surface area contributed by atoms with Crippen LogP contribution < -0.4 is 5.32 Å². The van der Waals surface area contributed by atoms with Crippen LogP contribution in [-0.4, -0.2) is 17.6 Å². The number of hydrogen-bond acceptors (Lipinski definition) is 4. The Bertz CT molecular complexity index is 802. The molecule has 24 heavy (non-hydrogen) atoms. The Hall–Kier alpha value is -2.37. The first kappa shape index (κ1) is 18.0. The lowest BCUT2D eigenvalue weighted by Gasteiger charge is -2.05. The molecule has 0 unspecified atom stereocenters. The van der Waals surface area contributed by atoms with E-state index in [9.17, 15) is 9.59 Å². The quantitative estimate of drug-likeness (QED) is 0.354. The summed E-state index contributed by atoms with van der Waals surface area (Å²) in [6, 6.07) is 11.6. The van der Waals surface area contributed by atoms with Gasteiger partial charge in [-0.15, -0.1) is 0 Å². The highest BCUT2D eigenvalue weighted by Crippen LogP contribution is 2.25. The van der Waals surface area contributed by atoms with E-state index in [-0.39, 0.29) is 11.5 Å². The summed E-state index contributed by atoms with van der Waals surface area (Å²) in [5, 5.41) is 6.65. The number of aryl methyl sites for hydroxylation is 1. The molecular weight excluding hydrogens is 351 g/mol. The van der Waals surface area contributed by atoms with Crippen LogP contribution in [0.2, 0.25) is 10.0 Å². The van der Waals surface area contributed by atoms with Gasteiger partial charge in [-0.25, -0.2) is 4.79 Å². The van der Waals surface area contributed by atoms with Crippen molar-refractivity contribution < 1.29 is 14.4 Å². The fraction of sp³-hybridized carbons (Fsp3) is 0.118. The summed E-state index contributed by atoms with van der Waals surface area (Å²) in [6.07, 6.45) is -0.843. The third kappa shape index (κ3) is 4.81. The van der Waals surface area contributed by atoms with E-state index in [1.165, 1.54) is 19.1 Å². The van der Waals surface area contributed by atoms with E-state index in [0.717, 1.165) is 5.56 Å². The minimum absolute atomic E-state index is 0.0585. The number of amides is 1. The Morgan fingerprint density at radius 2 is 1.71 bits per heavy atom. The summed E-state index contributed by atoms with van der Waals surface area (Å²) < 4.78 is 0. The second-order valence-corrected chi connectivity index (χ2v) is 5.82. The highest BCUT2D eigenvalue weighted by Gasteiger charge is 2.11. The molecule has 0 aliphatic rings. The molecule has 0 aliphatic carbocycles. The number of nitrogens with one attached hydrogen (secondary N) is 1. The number of rotatable bonds is 4. The summed E-state index contributed by atoms with van der Waals surface area (Å²) in [5.41, 5.74) is 1.96. The van der Waals surface area contributed by atoms with Gasteiger partial charge in [0.1, 0.15) is 5.71 Å². The molecule has 124 valence electrons. The lowest BCUT2D eigenvalue weighted by Crippen LogP contribution is -2.15. The lowest BCUT2D eigenvalue weighted by molar-refractivity contribution is 0.105. The predicted molar refractivity (Wildman–Crippen MR) is 95.2 cm³/mol. The minimum Gasteiger partial charge on any atom is -0.297 e. The van der Waals surface area contributed by atoms with Crippen LogP contribution in [0.25, 0.3) is 0 Å². The van der Waals surface area contributed by atoms with Gasteiger partial charge in [0, 0.05) is 11.3 Å². The SMILES string of the molecule is CC(=NOC(=O)Nc1ccc(Cl)c(Cl)c1)C(=O)c1ccc(C)cc1. The fourth-order valence-electron chi connectivity index (χ4n) is 1.78. The Balaban J connectivity index is 1.98. The van der Waals surface area contributed by atoms with Crippen LogP contribution in [-0.2, 0) is 4.84 Å². The van der Waals surface area contributed by atoms with Crippen molar-refractivity contribution in [3.05, 3.63) is 63.6 Å². The van der Waals surface area contributed by atoms with Gasteiger partial charge in [-0.3, -0.25) is 14.9 Å². The predicted octanol–water partition coefficient (Wildman–Crippen LogP) is 5.11. The molecule has 0 heterocycles. The molecule has 1 amide bonds. The van der Waals surface area contributed by atoms with E-state index in [4.69, 9.17) is 23.2 Å². The summed E-state index contributed by atoms with van der Waals surface area (Å²) in [6.45, 7) is 3.39. The Kier molecular flexibility index (Phi) is 5.95. The molecule has 1 N–H and O–H groups in total. The van der Waals surface area contributed by atoms with E-state index >= 15 is 0 Å². The minimum atomic E-state index is -0.843. The van der Waals surface area contributed by atoms with Crippen LogP contribution in [0.3, 0.4) is 0 Å². The molecule has 5 nitrogen and oxygen atoms in total. The number of Topliss-reactive ketones (excluding diaryl/α,β-unsaturated/α-hetero) is 1. The third-order valence-electron chi connectivity index (χ3n) is 3.07. The molecule has 2 rings (SSSR count). The number of halogens is 2. The average molecular weight is 365 g/mol. The van der Waals surface area contributed by atoms with Gasteiger partial charge in [0.2, 0.25) is 5.78 Å². The molecule has 0 bridgehead atoms. The number of oxime groups is 1. The molecule has 7 heteroatoms. The smallest absolute Gasteiger partial charge is 0.297 e. The van der Waals surface area contributed by atoms with Gasteiger partial charge >= 0.3 is 6.09 Å². The molecule has 0 aromatic heterocycles. The monoisotopic (exact) mass is 364 g/mol. The number of hydrogen-bond donors (Lipinski definition) is 1. The summed E-state index contributed by atoms with van der Waals surface area (Å²) >= 11 is 11.6. The second-order valence-electron chi connectivity index (χ2n) is 5.00. The molecule has 0 atom stereocenters. The highest BCUT2D eigenvalue weighted by molar-refractivity contribution is 6.45. The van der Waals surface area contributed by atoms with Crippen LogP contribution in [0.4, 0.5) is 10.5 Å². The van der Waals surface area contributed by atoms with E-state index in [1.54, 1.807) is 18.2 Å². The molecule has 0 radical (unpaired) electrons. The standard InChI is InChI=1S/C17H14Cl2N2O3/c1-10-3-5-12(6-4-10)16(22)11(2)21-24-17(23)20-13-7-8-14(18)15(19)9-13/h3-9H,1-2H3,(H,20,23). The number of carbonyl (C=O) groups is 2. The van der Waals surface area contributed by atoms with E-state index in [1.807, 2.05) is 19.1 Å². The van der Waals surface area contributed by atoms with E-state index < -0.39 is 6.09 Å².